The van der Waals surface area contributed by atoms with E-state index in [4.69, 9.17) is 9.47 Å². The highest BCUT2D eigenvalue weighted by molar-refractivity contribution is 6.09. The van der Waals surface area contributed by atoms with Gasteiger partial charge in [0.1, 0.15) is 6.61 Å². The molecule has 0 aliphatic heterocycles. The lowest BCUT2D eigenvalue weighted by atomic mass is 10.0. The average Bonchev–Trinajstić information content (AvgIpc) is 2.58. The van der Waals surface area contributed by atoms with Crippen molar-refractivity contribution in [1.82, 2.24) is 0 Å². The Morgan fingerprint density at radius 3 is 2.48 bits per heavy atom. The molecule has 2 rings (SSSR count). The van der Waals surface area contributed by atoms with Crippen LogP contribution >= 0.6 is 0 Å². The maximum atomic E-state index is 12.4. The minimum absolute atomic E-state index is 0.0662. The number of ether oxygens (including phenoxy) is 2. The molecule has 0 spiro atoms. The van der Waals surface area contributed by atoms with Crippen LogP contribution in [0.1, 0.15) is 22.8 Å². The quantitative estimate of drug-likeness (QED) is 0.323. The zero-order chi connectivity index (χ0) is 16.7. The summed E-state index contributed by atoms with van der Waals surface area (Å²) >= 11 is 0. The van der Waals surface area contributed by atoms with Crippen molar-refractivity contribution >= 4 is 11.5 Å². The number of nitro benzene ring substituents is 1. The Kier molecular flexibility index (Phi) is 5.82. The van der Waals surface area contributed by atoms with E-state index in [1.54, 1.807) is 24.3 Å². The van der Waals surface area contributed by atoms with Crippen LogP contribution in [0, 0.1) is 10.1 Å². The molecule has 0 N–H and O–H groups in total. The summed E-state index contributed by atoms with van der Waals surface area (Å²) in [5.74, 6) is -0.147. The van der Waals surface area contributed by atoms with Crippen LogP contribution in [-0.2, 0) is 4.74 Å². The van der Waals surface area contributed by atoms with Crippen molar-refractivity contribution in [3.05, 3.63) is 69.8 Å². The summed E-state index contributed by atoms with van der Waals surface area (Å²) in [6, 6.07) is 12.8. The van der Waals surface area contributed by atoms with Gasteiger partial charge in [0.2, 0.25) is 0 Å². The second kappa shape index (κ2) is 8.05. The van der Waals surface area contributed by atoms with Crippen LogP contribution in [0.5, 0.6) is 5.75 Å². The van der Waals surface area contributed by atoms with Gasteiger partial charge >= 0.3 is 5.69 Å². The number of hydrogen-bond acceptors (Lipinski definition) is 5. The highest BCUT2D eigenvalue weighted by Gasteiger charge is 2.18. The van der Waals surface area contributed by atoms with Crippen molar-refractivity contribution in [2.75, 3.05) is 19.8 Å². The van der Waals surface area contributed by atoms with Gasteiger partial charge in [-0.15, -0.1) is 0 Å². The Balaban J connectivity index is 2.25. The average molecular weight is 315 g/mol. The molecule has 0 radical (unpaired) electrons. The van der Waals surface area contributed by atoms with Gasteiger partial charge in [-0.25, -0.2) is 0 Å². The van der Waals surface area contributed by atoms with Gasteiger partial charge in [0, 0.05) is 23.8 Å². The summed E-state index contributed by atoms with van der Waals surface area (Å²) in [6.45, 7) is 2.89. The molecular weight excluding hydrogens is 298 g/mol. The summed E-state index contributed by atoms with van der Waals surface area (Å²) in [7, 11) is 0. The number of nitro groups is 1. The number of ketones is 1. The number of nitrogens with zero attached hydrogens (tertiary/aromatic N) is 1. The standard InChI is InChI=1S/C17H17NO5/c1-2-22-10-11-23-16-12-14(8-9-15(16)18(20)21)17(19)13-6-4-3-5-7-13/h3-9,12H,2,10-11H2,1H3. The van der Waals surface area contributed by atoms with Crippen LogP contribution in [0.2, 0.25) is 0 Å². The van der Waals surface area contributed by atoms with Crippen molar-refractivity contribution in [3.8, 4) is 5.75 Å². The van der Waals surface area contributed by atoms with Crippen molar-refractivity contribution in [1.29, 1.82) is 0 Å². The van der Waals surface area contributed by atoms with Crippen molar-refractivity contribution in [2.45, 2.75) is 6.92 Å². The third-order valence-electron chi connectivity index (χ3n) is 3.14. The van der Waals surface area contributed by atoms with Crippen molar-refractivity contribution in [3.63, 3.8) is 0 Å². The zero-order valence-electron chi connectivity index (χ0n) is 12.7. The molecule has 0 aliphatic rings. The number of rotatable bonds is 8. The van der Waals surface area contributed by atoms with E-state index >= 15 is 0 Å². The molecule has 6 heteroatoms. The van der Waals surface area contributed by atoms with Gasteiger partial charge in [-0.2, -0.15) is 0 Å². The molecule has 6 nitrogen and oxygen atoms in total. The predicted octanol–water partition coefficient (Wildman–Crippen LogP) is 3.24. The third-order valence-corrected chi connectivity index (χ3v) is 3.14. The maximum absolute atomic E-state index is 12.4. The third kappa shape index (κ3) is 4.37. The largest absolute Gasteiger partial charge is 0.484 e. The van der Waals surface area contributed by atoms with Gasteiger partial charge < -0.3 is 9.47 Å². The molecule has 0 atom stereocenters. The summed E-state index contributed by atoms with van der Waals surface area (Å²) in [6.07, 6.45) is 0. The van der Waals surface area contributed by atoms with Crippen molar-refractivity contribution < 1.29 is 19.2 Å². The van der Waals surface area contributed by atoms with Gasteiger partial charge in [0.15, 0.2) is 11.5 Å². The van der Waals surface area contributed by atoms with E-state index in [9.17, 15) is 14.9 Å². The van der Waals surface area contributed by atoms with Gasteiger partial charge in [0.05, 0.1) is 11.5 Å². The number of benzene rings is 2. The lowest BCUT2D eigenvalue weighted by Gasteiger charge is -2.08. The van der Waals surface area contributed by atoms with Gasteiger partial charge in [0.25, 0.3) is 0 Å². The summed E-state index contributed by atoms with van der Waals surface area (Å²) in [4.78, 5) is 22.9. The lowest BCUT2D eigenvalue weighted by Crippen LogP contribution is -2.09. The monoisotopic (exact) mass is 315 g/mol. The van der Waals surface area contributed by atoms with Gasteiger partial charge in [-0.1, -0.05) is 30.3 Å². The highest BCUT2D eigenvalue weighted by Crippen LogP contribution is 2.29. The predicted molar refractivity (Wildman–Crippen MR) is 85.0 cm³/mol. The summed E-state index contributed by atoms with van der Waals surface area (Å²) in [5.41, 5.74) is 0.681. The molecule has 0 aliphatic carbocycles. The molecule has 2 aromatic rings. The molecule has 0 bridgehead atoms. The molecule has 0 aromatic heterocycles. The van der Waals surface area contributed by atoms with Crippen LogP contribution < -0.4 is 4.74 Å². The first-order valence-electron chi connectivity index (χ1n) is 7.22. The van der Waals surface area contributed by atoms with E-state index in [1.807, 2.05) is 13.0 Å². The number of carbonyl (C=O) groups excluding carboxylic acids is 1. The fourth-order valence-electron chi connectivity index (χ4n) is 2.03. The Hall–Kier alpha value is -2.73. The Morgan fingerprint density at radius 1 is 1.09 bits per heavy atom. The molecule has 0 saturated carbocycles. The fourth-order valence-corrected chi connectivity index (χ4v) is 2.03. The first kappa shape index (κ1) is 16.6. The van der Waals surface area contributed by atoms with Crippen LogP contribution in [0.4, 0.5) is 5.69 Å². The lowest BCUT2D eigenvalue weighted by molar-refractivity contribution is -0.385. The van der Waals surface area contributed by atoms with E-state index in [0.29, 0.717) is 24.3 Å². The molecule has 0 amide bonds. The molecule has 0 unspecified atom stereocenters. The minimum atomic E-state index is -0.535. The summed E-state index contributed by atoms with van der Waals surface area (Å²) in [5, 5.41) is 11.1. The molecular formula is C17H17NO5. The topological polar surface area (TPSA) is 78.7 Å². The molecule has 120 valence electrons. The second-order valence-electron chi connectivity index (χ2n) is 4.68. The van der Waals surface area contributed by atoms with E-state index < -0.39 is 4.92 Å². The Morgan fingerprint density at radius 2 is 1.83 bits per heavy atom. The smallest absolute Gasteiger partial charge is 0.310 e. The van der Waals surface area contributed by atoms with E-state index in [-0.39, 0.29) is 23.8 Å². The van der Waals surface area contributed by atoms with Gasteiger partial charge in [-0.05, 0) is 19.1 Å². The highest BCUT2D eigenvalue weighted by atomic mass is 16.6. The van der Waals surface area contributed by atoms with Gasteiger partial charge in [-0.3, -0.25) is 14.9 Å². The first-order valence-corrected chi connectivity index (χ1v) is 7.22. The molecule has 23 heavy (non-hydrogen) atoms. The Labute approximate surface area is 133 Å². The number of carbonyl (C=O) groups is 1. The normalized spacial score (nSPS) is 10.3. The molecule has 0 heterocycles. The van der Waals surface area contributed by atoms with Crippen molar-refractivity contribution in [2.24, 2.45) is 0 Å². The van der Waals surface area contributed by atoms with Crippen LogP contribution in [0.3, 0.4) is 0 Å². The number of hydrogen-bond donors (Lipinski definition) is 0. The van der Waals surface area contributed by atoms with E-state index in [1.165, 1.54) is 18.2 Å². The molecule has 0 fully saturated rings. The van der Waals surface area contributed by atoms with E-state index in [0.717, 1.165) is 0 Å². The minimum Gasteiger partial charge on any atom is -0.484 e. The molecule has 2 aromatic carbocycles. The first-order chi connectivity index (χ1) is 11.1. The zero-order valence-corrected chi connectivity index (χ0v) is 12.7. The SMILES string of the molecule is CCOCCOc1cc(C(=O)c2ccccc2)ccc1[N+](=O)[O-]. The van der Waals surface area contributed by atoms with Crippen LogP contribution in [-0.4, -0.2) is 30.5 Å². The van der Waals surface area contributed by atoms with Crippen LogP contribution in [0.25, 0.3) is 0 Å². The van der Waals surface area contributed by atoms with E-state index in [2.05, 4.69) is 0 Å². The summed E-state index contributed by atoms with van der Waals surface area (Å²) < 4.78 is 10.5. The van der Waals surface area contributed by atoms with Crippen LogP contribution in [0.15, 0.2) is 48.5 Å². The maximum Gasteiger partial charge on any atom is 0.310 e. The molecule has 0 saturated heterocycles. The Bertz CT molecular complexity index is 685. The fraction of sp³-hybridized carbons (Fsp3) is 0.235. The second-order valence-corrected chi connectivity index (χ2v) is 4.68.